The number of nitrogens with zero attached hydrogens (tertiary/aromatic N) is 1. The van der Waals surface area contributed by atoms with Crippen molar-refractivity contribution in [1.29, 1.82) is 0 Å². The Morgan fingerprint density at radius 3 is 2.07 bits per heavy atom. The summed E-state index contributed by atoms with van der Waals surface area (Å²) in [6, 6.07) is 11.3. The highest BCUT2D eigenvalue weighted by Crippen LogP contribution is 2.56. The van der Waals surface area contributed by atoms with Crippen molar-refractivity contribution in [3.8, 4) is 5.75 Å². The molecule has 1 amide bonds. The number of benzene rings is 2. The third-order valence-electron chi connectivity index (χ3n) is 8.29. The summed E-state index contributed by atoms with van der Waals surface area (Å²) in [5.41, 5.74) is 5.27. The summed E-state index contributed by atoms with van der Waals surface area (Å²) in [5, 5.41) is 2.92. The molecule has 0 aromatic heterocycles. The molecule has 2 aromatic rings. The van der Waals surface area contributed by atoms with Crippen molar-refractivity contribution in [2.75, 3.05) is 19.0 Å². The molecule has 2 aliphatic carbocycles. The molecule has 8 heteroatoms. The summed E-state index contributed by atoms with van der Waals surface area (Å²) < 4.78 is 7.65. The average molecular weight is 684 g/mol. The van der Waals surface area contributed by atoms with Crippen LogP contribution in [0.1, 0.15) is 70.4 Å². The summed E-state index contributed by atoms with van der Waals surface area (Å²) in [6.45, 7) is 10.2. The van der Waals surface area contributed by atoms with Gasteiger partial charge in [0, 0.05) is 64.1 Å². The van der Waals surface area contributed by atoms with Crippen molar-refractivity contribution >= 4 is 55.0 Å². The van der Waals surface area contributed by atoms with E-state index in [2.05, 4.69) is 69.8 Å². The summed E-state index contributed by atoms with van der Waals surface area (Å²) in [5.74, 6) is -0.314. The van der Waals surface area contributed by atoms with Gasteiger partial charge in [0.2, 0.25) is 0 Å². The first-order chi connectivity index (χ1) is 19.2. The number of allylic oxidation sites excluding steroid dienone is 4. The van der Waals surface area contributed by atoms with Crippen LogP contribution >= 0.6 is 31.9 Å². The van der Waals surface area contributed by atoms with E-state index in [1.54, 1.807) is 0 Å². The molecule has 0 unspecified atom stereocenters. The number of anilines is 1. The second-order valence-corrected chi connectivity index (χ2v) is 14.8. The maximum absolute atomic E-state index is 13.9. The van der Waals surface area contributed by atoms with Crippen LogP contribution < -0.4 is 10.1 Å². The zero-order chi connectivity index (χ0) is 29.9. The van der Waals surface area contributed by atoms with Crippen molar-refractivity contribution in [2.45, 2.75) is 66.2 Å². The minimum absolute atomic E-state index is 0.0524. The van der Waals surface area contributed by atoms with Crippen molar-refractivity contribution in [1.82, 2.24) is 4.90 Å². The maximum atomic E-state index is 13.9. The predicted molar refractivity (Wildman–Crippen MR) is 168 cm³/mol. The van der Waals surface area contributed by atoms with Gasteiger partial charge < -0.3 is 15.0 Å². The maximum Gasteiger partial charge on any atom is 0.262 e. The Labute approximate surface area is 258 Å². The number of hydrogen-bond donors (Lipinski definition) is 1. The van der Waals surface area contributed by atoms with Crippen molar-refractivity contribution < 1.29 is 19.1 Å². The van der Waals surface area contributed by atoms with Crippen molar-refractivity contribution in [3.63, 3.8) is 0 Å². The van der Waals surface area contributed by atoms with Gasteiger partial charge in [-0.1, -0.05) is 61.8 Å². The van der Waals surface area contributed by atoms with Crippen LogP contribution in [0.15, 0.2) is 67.9 Å². The minimum atomic E-state index is -0.577. The molecule has 1 N–H and O–H groups in total. The first-order valence-corrected chi connectivity index (χ1v) is 15.5. The molecule has 216 valence electrons. The van der Waals surface area contributed by atoms with Crippen LogP contribution in [0.4, 0.5) is 5.69 Å². The number of carbonyl (C=O) groups excluding carboxylic acids is 3. The largest absolute Gasteiger partial charge is 0.482 e. The zero-order valence-electron chi connectivity index (χ0n) is 24.4. The van der Waals surface area contributed by atoms with Crippen LogP contribution in [-0.2, 0) is 14.4 Å². The summed E-state index contributed by atoms with van der Waals surface area (Å²) >= 11 is 7.27. The van der Waals surface area contributed by atoms with E-state index >= 15 is 0 Å². The van der Waals surface area contributed by atoms with E-state index in [9.17, 15) is 14.4 Å². The molecule has 0 radical (unpaired) electrons. The van der Waals surface area contributed by atoms with E-state index < -0.39 is 5.92 Å². The highest BCUT2D eigenvalue weighted by atomic mass is 79.9. The second-order valence-electron chi connectivity index (χ2n) is 13.1. The van der Waals surface area contributed by atoms with Gasteiger partial charge in [0.1, 0.15) is 5.75 Å². The van der Waals surface area contributed by atoms with Crippen LogP contribution in [-0.4, -0.2) is 36.0 Å². The summed E-state index contributed by atoms with van der Waals surface area (Å²) in [4.78, 5) is 42.9. The number of amides is 1. The van der Waals surface area contributed by atoms with Crippen molar-refractivity contribution in [3.05, 3.63) is 79.0 Å². The van der Waals surface area contributed by atoms with E-state index in [0.29, 0.717) is 39.8 Å². The Morgan fingerprint density at radius 2 is 1.51 bits per heavy atom. The predicted octanol–water partition coefficient (Wildman–Crippen LogP) is 7.85. The minimum Gasteiger partial charge on any atom is -0.482 e. The smallest absolute Gasteiger partial charge is 0.262 e. The van der Waals surface area contributed by atoms with Gasteiger partial charge in [0.15, 0.2) is 18.2 Å². The SMILES string of the molecule is Cc1ccccc1NC(=O)COc1c(Br)cc(Br)cc1C1C2=C(CC(C)(C)CC2=O)N(C)C2=C1C(=O)CC(C)(C)C2. The Hall–Kier alpha value is -2.71. The number of carbonyl (C=O) groups is 3. The van der Waals surface area contributed by atoms with E-state index in [-0.39, 0.29) is 34.9 Å². The monoisotopic (exact) mass is 682 g/mol. The van der Waals surface area contributed by atoms with Gasteiger partial charge >= 0.3 is 0 Å². The highest BCUT2D eigenvalue weighted by Gasteiger charge is 2.49. The molecule has 3 aliphatic rings. The van der Waals surface area contributed by atoms with Crippen LogP contribution in [0.5, 0.6) is 5.75 Å². The number of Topliss-reactive ketones (excluding diaryl/α,β-unsaturated/α-hetero) is 2. The van der Waals surface area contributed by atoms with Gasteiger partial charge in [-0.05, 0) is 70.3 Å². The standard InChI is InChI=1S/C33H36Br2N2O4/c1-18-9-7-8-10-22(18)36-27(40)17-41-31-20(11-19(34)12-21(31)35)28-29-23(13-32(2,3)15-25(29)38)37(6)24-14-33(4,5)16-26(39)30(24)28/h7-12,28H,13-17H2,1-6H3,(H,36,40). The molecule has 5 rings (SSSR count). The van der Waals surface area contributed by atoms with Gasteiger partial charge in [-0.15, -0.1) is 0 Å². The lowest BCUT2D eigenvalue weighted by Crippen LogP contribution is -2.43. The normalized spacial score (nSPS) is 20.1. The van der Waals surface area contributed by atoms with Crippen molar-refractivity contribution in [2.24, 2.45) is 10.8 Å². The van der Waals surface area contributed by atoms with Gasteiger partial charge in [0.05, 0.1) is 4.47 Å². The van der Waals surface area contributed by atoms with E-state index in [4.69, 9.17) is 4.74 Å². The number of aryl methyl sites for hydroxylation is 1. The topological polar surface area (TPSA) is 75.7 Å². The fourth-order valence-electron chi connectivity index (χ4n) is 6.46. The number of rotatable bonds is 5. The zero-order valence-corrected chi connectivity index (χ0v) is 27.6. The first-order valence-electron chi connectivity index (χ1n) is 13.9. The van der Waals surface area contributed by atoms with Crippen LogP contribution in [0, 0.1) is 17.8 Å². The fraction of sp³-hybridized carbons (Fsp3) is 0.424. The van der Waals surface area contributed by atoms with Gasteiger partial charge in [-0.3, -0.25) is 14.4 Å². The lowest BCUT2D eigenvalue weighted by atomic mass is 9.63. The molecule has 1 heterocycles. The molecule has 0 bridgehead atoms. The summed E-state index contributed by atoms with van der Waals surface area (Å²) in [7, 11) is 1.99. The quantitative estimate of drug-likeness (QED) is 0.347. The van der Waals surface area contributed by atoms with Gasteiger partial charge in [-0.2, -0.15) is 0 Å². The number of halogens is 2. The molecule has 6 nitrogen and oxygen atoms in total. The average Bonchev–Trinajstić information content (AvgIpc) is 2.84. The molecule has 2 aromatic carbocycles. The Kier molecular flexibility index (Phi) is 7.88. The van der Waals surface area contributed by atoms with Crippen LogP contribution in [0.2, 0.25) is 0 Å². The molecule has 0 fully saturated rings. The van der Waals surface area contributed by atoms with E-state index in [1.807, 2.05) is 50.4 Å². The highest BCUT2D eigenvalue weighted by molar-refractivity contribution is 9.11. The third-order valence-corrected chi connectivity index (χ3v) is 9.34. The number of para-hydroxylation sites is 1. The first kappa shape index (κ1) is 29.8. The molecule has 1 aliphatic heterocycles. The number of hydrogen-bond acceptors (Lipinski definition) is 5. The fourth-order valence-corrected chi connectivity index (χ4v) is 7.83. The van der Waals surface area contributed by atoms with Gasteiger partial charge in [-0.25, -0.2) is 0 Å². The van der Waals surface area contributed by atoms with Gasteiger partial charge in [0.25, 0.3) is 5.91 Å². The number of ketones is 2. The second kappa shape index (κ2) is 10.8. The van der Waals surface area contributed by atoms with Crippen LogP contribution in [0.3, 0.4) is 0 Å². The molecule has 0 spiro atoms. The van der Waals surface area contributed by atoms with Crippen LogP contribution in [0.25, 0.3) is 0 Å². The molecule has 0 atom stereocenters. The lowest BCUT2D eigenvalue weighted by molar-refractivity contribution is -0.120. The third kappa shape index (κ3) is 5.82. The lowest BCUT2D eigenvalue weighted by Gasteiger charge is -2.48. The Bertz CT molecular complexity index is 1480. The van der Waals surface area contributed by atoms with E-state index in [0.717, 1.165) is 40.0 Å². The number of nitrogens with one attached hydrogen (secondary N) is 1. The molecular formula is C33H36Br2N2O4. The molecule has 0 saturated heterocycles. The molecule has 41 heavy (non-hydrogen) atoms. The molecule has 0 saturated carbocycles. The molecular weight excluding hydrogens is 648 g/mol. The van der Waals surface area contributed by atoms with E-state index in [1.165, 1.54) is 0 Å². The summed E-state index contributed by atoms with van der Waals surface area (Å²) in [6.07, 6.45) is 2.28. The Morgan fingerprint density at radius 1 is 0.951 bits per heavy atom. The number of ether oxygens (including phenoxy) is 1. The Balaban J connectivity index is 1.61.